The third kappa shape index (κ3) is 4.75. The lowest BCUT2D eigenvalue weighted by Crippen LogP contribution is -2.36. The largest absolute Gasteiger partial charge is 0.480 e. The predicted molar refractivity (Wildman–Crippen MR) is 101 cm³/mol. The molecule has 3 rings (SSSR count). The maximum Gasteiger partial charge on any atom is 0.325 e. The molecule has 1 aromatic carbocycles. The molecule has 0 radical (unpaired) electrons. The van der Waals surface area contributed by atoms with Crippen molar-refractivity contribution in [3.8, 4) is 0 Å². The van der Waals surface area contributed by atoms with Gasteiger partial charge in [-0.05, 0) is 56.5 Å². The number of carboxylic acid groups (broad SMARTS) is 1. The van der Waals surface area contributed by atoms with Crippen LogP contribution in [0.1, 0.15) is 56.6 Å². The Morgan fingerprint density at radius 3 is 1.96 bits per heavy atom. The molecule has 0 spiro atoms. The Hall–Kier alpha value is -2.08. The summed E-state index contributed by atoms with van der Waals surface area (Å²) in [4.78, 5) is 28.0. The number of carbonyl (C=O) groups is 2. The number of nitrogens with zero attached hydrogens (tertiary/aromatic N) is 2. The highest BCUT2D eigenvalue weighted by Gasteiger charge is 2.27. The number of hydrogen-bond acceptors (Lipinski definition) is 3. The Kier molecular flexibility index (Phi) is 6.50. The Labute approximate surface area is 155 Å². The minimum atomic E-state index is -0.806. The standard InChI is InChI=1S/C20H29N3O3/c24-19(25)18(22-12-4-2-1-3-5-13-22)16-8-10-17(11-9-16)21-20(26)23-14-6-7-15-23/h8-11,18H,1-7,12-15H2,(H,21,26)(H,24,25). The number of benzene rings is 1. The van der Waals surface area contributed by atoms with E-state index in [2.05, 4.69) is 10.2 Å². The number of amides is 2. The van der Waals surface area contributed by atoms with E-state index in [-0.39, 0.29) is 6.03 Å². The molecule has 2 aliphatic heterocycles. The van der Waals surface area contributed by atoms with E-state index in [4.69, 9.17) is 0 Å². The molecule has 2 heterocycles. The monoisotopic (exact) mass is 359 g/mol. The summed E-state index contributed by atoms with van der Waals surface area (Å²) < 4.78 is 0. The van der Waals surface area contributed by atoms with Crippen LogP contribution in [0.2, 0.25) is 0 Å². The van der Waals surface area contributed by atoms with Crippen LogP contribution in [0.25, 0.3) is 0 Å². The minimum absolute atomic E-state index is 0.0752. The zero-order valence-electron chi connectivity index (χ0n) is 15.3. The quantitative estimate of drug-likeness (QED) is 0.860. The fourth-order valence-electron chi connectivity index (χ4n) is 3.91. The molecule has 0 aromatic heterocycles. The molecule has 2 fully saturated rings. The van der Waals surface area contributed by atoms with Crippen LogP contribution >= 0.6 is 0 Å². The van der Waals surface area contributed by atoms with Crippen LogP contribution in [-0.2, 0) is 4.79 Å². The summed E-state index contributed by atoms with van der Waals surface area (Å²) in [6.07, 6.45) is 7.80. The first-order valence-corrected chi connectivity index (χ1v) is 9.78. The molecule has 26 heavy (non-hydrogen) atoms. The van der Waals surface area contributed by atoms with Gasteiger partial charge in [0.1, 0.15) is 6.04 Å². The van der Waals surface area contributed by atoms with Crippen molar-refractivity contribution in [1.29, 1.82) is 0 Å². The number of rotatable bonds is 4. The number of likely N-dealkylation sites (tertiary alicyclic amines) is 2. The SMILES string of the molecule is O=C(O)C(c1ccc(NC(=O)N2CCCC2)cc1)N1CCCCCCC1. The van der Waals surface area contributed by atoms with Crippen molar-refractivity contribution in [3.63, 3.8) is 0 Å². The van der Waals surface area contributed by atoms with E-state index in [1.165, 1.54) is 19.3 Å². The van der Waals surface area contributed by atoms with Gasteiger partial charge in [0.2, 0.25) is 0 Å². The molecule has 2 amide bonds. The van der Waals surface area contributed by atoms with Crippen LogP contribution in [-0.4, -0.2) is 53.1 Å². The van der Waals surface area contributed by atoms with E-state index < -0.39 is 12.0 Å². The van der Waals surface area contributed by atoms with E-state index in [1.807, 2.05) is 29.2 Å². The number of hydrogen-bond donors (Lipinski definition) is 2. The zero-order chi connectivity index (χ0) is 18.4. The molecule has 2 saturated heterocycles. The molecule has 2 N–H and O–H groups in total. The van der Waals surface area contributed by atoms with Crippen LogP contribution in [0, 0.1) is 0 Å². The Bertz CT molecular complexity index is 603. The molecule has 0 saturated carbocycles. The van der Waals surface area contributed by atoms with Gasteiger partial charge in [0.25, 0.3) is 0 Å². The second-order valence-electron chi connectivity index (χ2n) is 7.29. The number of urea groups is 1. The predicted octanol–water partition coefficient (Wildman–Crippen LogP) is 3.71. The van der Waals surface area contributed by atoms with Crippen molar-refractivity contribution in [2.75, 3.05) is 31.5 Å². The van der Waals surface area contributed by atoms with Gasteiger partial charge in [-0.3, -0.25) is 9.69 Å². The number of nitrogens with one attached hydrogen (secondary N) is 1. The zero-order valence-corrected chi connectivity index (χ0v) is 15.3. The molecular formula is C20H29N3O3. The highest BCUT2D eigenvalue weighted by molar-refractivity contribution is 5.89. The topological polar surface area (TPSA) is 72.9 Å². The molecule has 6 nitrogen and oxygen atoms in total. The molecule has 0 aliphatic carbocycles. The highest BCUT2D eigenvalue weighted by Crippen LogP contribution is 2.26. The smallest absolute Gasteiger partial charge is 0.325 e. The van der Waals surface area contributed by atoms with Crippen LogP contribution in [0.5, 0.6) is 0 Å². The first-order valence-electron chi connectivity index (χ1n) is 9.78. The average molecular weight is 359 g/mol. The van der Waals surface area contributed by atoms with Gasteiger partial charge in [-0.25, -0.2) is 4.79 Å². The van der Waals surface area contributed by atoms with Crippen molar-refractivity contribution in [1.82, 2.24) is 9.80 Å². The van der Waals surface area contributed by atoms with Crippen molar-refractivity contribution in [3.05, 3.63) is 29.8 Å². The summed E-state index contributed by atoms with van der Waals surface area (Å²) in [5.41, 5.74) is 1.49. The molecule has 1 unspecified atom stereocenters. The second kappa shape index (κ2) is 9.03. The molecule has 142 valence electrons. The van der Waals surface area contributed by atoms with Gasteiger partial charge >= 0.3 is 12.0 Å². The van der Waals surface area contributed by atoms with Crippen molar-refractivity contribution >= 4 is 17.7 Å². The number of anilines is 1. The van der Waals surface area contributed by atoms with Gasteiger partial charge in [-0.15, -0.1) is 0 Å². The van der Waals surface area contributed by atoms with Crippen molar-refractivity contribution in [2.24, 2.45) is 0 Å². The summed E-state index contributed by atoms with van der Waals surface area (Å²) in [7, 11) is 0. The first kappa shape index (κ1) is 18.7. The lowest BCUT2D eigenvalue weighted by Gasteiger charge is -2.30. The Balaban J connectivity index is 1.67. The maximum atomic E-state index is 12.2. The summed E-state index contributed by atoms with van der Waals surface area (Å²) in [6.45, 7) is 3.26. The van der Waals surface area contributed by atoms with Crippen molar-refractivity contribution < 1.29 is 14.7 Å². The van der Waals surface area contributed by atoms with Crippen LogP contribution < -0.4 is 5.32 Å². The number of aliphatic carboxylic acids is 1. The van der Waals surface area contributed by atoms with E-state index >= 15 is 0 Å². The van der Waals surface area contributed by atoms with Gasteiger partial charge in [0, 0.05) is 18.8 Å². The first-order chi connectivity index (χ1) is 12.6. The summed E-state index contributed by atoms with van der Waals surface area (Å²) in [5.74, 6) is -0.806. The molecule has 1 aromatic rings. The fourth-order valence-corrected chi connectivity index (χ4v) is 3.91. The third-order valence-corrected chi connectivity index (χ3v) is 5.36. The van der Waals surface area contributed by atoms with Crippen LogP contribution in [0.15, 0.2) is 24.3 Å². The summed E-state index contributed by atoms with van der Waals surface area (Å²) in [5, 5.41) is 12.7. The van der Waals surface area contributed by atoms with E-state index in [9.17, 15) is 14.7 Å². The van der Waals surface area contributed by atoms with Gasteiger partial charge in [0.15, 0.2) is 0 Å². The molecule has 6 heteroatoms. The molecule has 2 aliphatic rings. The van der Waals surface area contributed by atoms with Crippen LogP contribution in [0.3, 0.4) is 0 Å². The van der Waals surface area contributed by atoms with Gasteiger partial charge in [-0.2, -0.15) is 0 Å². The third-order valence-electron chi connectivity index (χ3n) is 5.36. The number of carbonyl (C=O) groups excluding carboxylic acids is 1. The Morgan fingerprint density at radius 2 is 1.38 bits per heavy atom. The second-order valence-corrected chi connectivity index (χ2v) is 7.29. The van der Waals surface area contributed by atoms with Gasteiger partial charge in [-0.1, -0.05) is 31.4 Å². The summed E-state index contributed by atoms with van der Waals surface area (Å²) >= 11 is 0. The van der Waals surface area contributed by atoms with Gasteiger partial charge in [0.05, 0.1) is 0 Å². The van der Waals surface area contributed by atoms with E-state index in [0.29, 0.717) is 5.69 Å². The highest BCUT2D eigenvalue weighted by atomic mass is 16.4. The van der Waals surface area contributed by atoms with Gasteiger partial charge < -0.3 is 15.3 Å². The van der Waals surface area contributed by atoms with Crippen molar-refractivity contribution in [2.45, 2.75) is 51.0 Å². The van der Waals surface area contributed by atoms with E-state index in [1.54, 1.807) is 0 Å². The van der Waals surface area contributed by atoms with E-state index in [0.717, 1.165) is 57.4 Å². The minimum Gasteiger partial charge on any atom is -0.480 e. The molecule has 1 atom stereocenters. The maximum absolute atomic E-state index is 12.2. The normalized spacial score (nSPS) is 20.2. The Morgan fingerprint density at radius 1 is 0.846 bits per heavy atom. The number of carboxylic acids is 1. The summed E-state index contributed by atoms with van der Waals surface area (Å²) in [6, 6.07) is 6.59. The lowest BCUT2D eigenvalue weighted by atomic mass is 10.0. The molecular weight excluding hydrogens is 330 g/mol. The van der Waals surface area contributed by atoms with Crippen LogP contribution in [0.4, 0.5) is 10.5 Å². The lowest BCUT2D eigenvalue weighted by molar-refractivity contribution is -0.143. The fraction of sp³-hybridized carbons (Fsp3) is 0.600. The average Bonchev–Trinajstić information content (AvgIpc) is 3.13. The molecule has 0 bridgehead atoms.